The second-order valence-corrected chi connectivity index (χ2v) is 9.88. The van der Waals surface area contributed by atoms with Crippen molar-refractivity contribution in [1.82, 2.24) is 20.0 Å². The fourth-order valence-corrected chi connectivity index (χ4v) is 5.42. The van der Waals surface area contributed by atoms with Gasteiger partial charge in [0, 0.05) is 28.1 Å². The number of rotatable bonds is 4. The summed E-state index contributed by atoms with van der Waals surface area (Å²) in [6.07, 6.45) is 3.31. The van der Waals surface area contributed by atoms with Crippen molar-refractivity contribution in [1.29, 1.82) is 0 Å². The first kappa shape index (κ1) is 22.7. The van der Waals surface area contributed by atoms with Crippen LogP contribution in [0.15, 0.2) is 67.0 Å². The standard InChI is InChI=1S/C26H20Cl2N6O2/c1-15(17-4-6-18(27)7-5-17)34-24-23(31-32-34)26(12-22(35)30-24)20-11-19(28)8-9-21(20)33(25(26)36)14-16-3-2-10-29-13-16/h2-11,13,15H,12,14H2,1H3,(H,30,35)/t15?,26-/m1/s1. The van der Waals surface area contributed by atoms with E-state index >= 15 is 0 Å². The number of amides is 2. The molecule has 0 radical (unpaired) electrons. The molecule has 0 bridgehead atoms. The number of nitrogens with one attached hydrogen (secondary N) is 1. The number of aromatic nitrogens is 4. The minimum atomic E-state index is -1.34. The molecule has 0 saturated carbocycles. The number of carbonyl (C=O) groups is 2. The topological polar surface area (TPSA) is 93.0 Å². The summed E-state index contributed by atoms with van der Waals surface area (Å²) in [5, 5.41) is 12.9. The molecule has 1 N–H and O–H groups in total. The Morgan fingerprint density at radius 1 is 1.08 bits per heavy atom. The van der Waals surface area contributed by atoms with Gasteiger partial charge in [0.1, 0.15) is 11.1 Å². The molecule has 6 rings (SSSR count). The van der Waals surface area contributed by atoms with Crippen LogP contribution >= 0.6 is 23.2 Å². The third-order valence-corrected chi connectivity index (χ3v) is 7.37. The number of halogens is 2. The number of benzene rings is 2. The number of pyridine rings is 1. The van der Waals surface area contributed by atoms with Gasteiger partial charge >= 0.3 is 0 Å². The van der Waals surface area contributed by atoms with Crippen molar-refractivity contribution in [3.63, 3.8) is 0 Å². The number of fused-ring (bicyclic) bond motifs is 4. The molecule has 4 aromatic rings. The molecule has 1 unspecified atom stereocenters. The molecule has 4 heterocycles. The predicted octanol–water partition coefficient (Wildman–Crippen LogP) is 4.76. The maximum absolute atomic E-state index is 14.2. The van der Waals surface area contributed by atoms with Crippen LogP contribution in [0.5, 0.6) is 0 Å². The van der Waals surface area contributed by atoms with Gasteiger partial charge in [0.25, 0.3) is 0 Å². The number of carbonyl (C=O) groups excluding carboxylic acids is 2. The Kier molecular flexibility index (Phi) is 5.31. The zero-order valence-electron chi connectivity index (χ0n) is 19.2. The van der Waals surface area contributed by atoms with E-state index in [9.17, 15) is 9.59 Å². The summed E-state index contributed by atoms with van der Waals surface area (Å²) in [4.78, 5) is 33.2. The summed E-state index contributed by atoms with van der Waals surface area (Å²) in [7, 11) is 0. The molecule has 180 valence electrons. The molecule has 2 aromatic heterocycles. The molecular formula is C26H20Cl2N6O2. The van der Waals surface area contributed by atoms with E-state index in [0.717, 1.165) is 11.1 Å². The lowest BCUT2D eigenvalue weighted by Crippen LogP contribution is -2.47. The fraction of sp³-hybridized carbons (Fsp3) is 0.192. The molecule has 36 heavy (non-hydrogen) atoms. The maximum Gasteiger partial charge on any atom is 0.244 e. The summed E-state index contributed by atoms with van der Waals surface area (Å²) in [6.45, 7) is 2.25. The summed E-state index contributed by atoms with van der Waals surface area (Å²) >= 11 is 12.5. The molecule has 10 heteroatoms. The zero-order chi connectivity index (χ0) is 25.0. The van der Waals surface area contributed by atoms with Gasteiger partial charge in [0.15, 0.2) is 5.82 Å². The Bertz CT molecular complexity index is 1500. The minimum Gasteiger partial charge on any atom is -0.309 e. The van der Waals surface area contributed by atoms with Crippen molar-refractivity contribution in [3.8, 4) is 0 Å². The van der Waals surface area contributed by atoms with Crippen LogP contribution in [0, 0.1) is 0 Å². The molecule has 0 fully saturated rings. The van der Waals surface area contributed by atoms with Crippen LogP contribution in [0.3, 0.4) is 0 Å². The maximum atomic E-state index is 14.2. The van der Waals surface area contributed by atoms with E-state index in [-0.39, 0.29) is 24.3 Å². The first-order chi connectivity index (χ1) is 17.4. The third-order valence-electron chi connectivity index (χ3n) is 6.88. The van der Waals surface area contributed by atoms with E-state index in [2.05, 4.69) is 20.6 Å². The Balaban J connectivity index is 1.50. The smallest absolute Gasteiger partial charge is 0.244 e. The first-order valence-electron chi connectivity index (χ1n) is 11.4. The van der Waals surface area contributed by atoms with Crippen LogP contribution in [0.2, 0.25) is 10.0 Å². The van der Waals surface area contributed by atoms with Gasteiger partial charge in [-0.2, -0.15) is 0 Å². The van der Waals surface area contributed by atoms with Crippen molar-refractivity contribution >= 4 is 46.5 Å². The molecule has 1 spiro atoms. The highest BCUT2D eigenvalue weighted by molar-refractivity contribution is 6.31. The van der Waals surface area contributed by atoms with Crippen molar-refractivity contribution in [3.05, 3.63) is 99.4 Å². The average molecular weight is 519 g/mol. The van der Waals surface area contributed by atoms with E-state index in [1.54, 1.807) is 46.2 Å². The Hall–Kier alpha value is -3.75. The summed E-state index contributed by atoms with van der Waals surface area (Å²) in [5.74, 6) is -0.140. The van der Waals surface area contributed by atoms with Gasteiger partial charge in [-0.05, 0) is 60.0 Å². The van der Waals surface area contributed by atoms with E-state index in [0.29, 0.717) is 39.4 Å². The van der Waals surface area contributed by atoms with Gasteiger partial charge in [-0.15, -0.1) is 5.10 Å². The lowest BCUT2D eigenvalue weighted by Gasteiger charge is -2.31. The van der Waals surface area contributed by atoms with Crippen LogP contribution in [-0.4, -0.2) is 31.8 Å². The largest absolute Gasteiger partial charge is 0.309 e. The Morgan fingerprint density at radius 3 is 2.61 bits per heavy atom. The Morgan fingerprint density at radius 2 is 1.86 bits per heavy atom. The zero-order valence-corrected chi connectivity index (χ0v) is 20.7. The molecule has 2 atom stereocenters. The predicted molar refractivity (Wildman–Crippen MR) is 136 cm³/mol. The quantitative estimate of drug-likeness (QED) is 0.420. The van der Waals surface area contributed by atoms with Crippen LogP contribution in [0.1, 0.15) is 41.8 Å². The summed E-state index contributed by atoms with van der Waals surface area (Å²) in [6, 6.07) is 16.2. The number of hydrogen-bond acceptors (Lipinski definition) is 5. The molecule has 0 aliphatic carbocycles. The highest BCUT2D eigenvalue weighted by Crippen LogP contribution is 2.52. The van der Waals surface area contributed by atoms with E-state index < -0.39 is 5.41 Å². The normalized spacial score (nSPS) is 19.2. The number of nitrogens with zero attached hydrogens (tertiary/aromatic N) is 5. The average Bonchev–Trinajstić information content (AvgIpc) is 3.39. The van der Waals surface area contributed by atoms with Crippen LogP contribution in [0.4, 0.5) is 11.5 Å². The molecule has 2 aromatic carbocycles. The molecule has 8 nitrogen and oxygen atoms in total. The first-order valence-corrected chi connectivity index (χ1v) is 12.2. The highest BCUT2D eigenvalue weighted by atomic mass is 35.5. The molecule has 2 aliphatic rings. The van der Waals surface area contributed by atoms with Gasteiger partial charge in [-0.25, -0.2) is 4.68 Å². The van der Waals surface area contributed by atoms with Gasteiger partial charge in [-0.1, -0.05) is 46.6 Å². The van der Waals surface area contributed by atoms with Gasteiger partial charge < -0.3 is 10.2 Å². The minimum absolute atomic E-state index is 0.0935. The van der Waals surface area contributed by atoms with Gasteiger partial charge in [0.05, 0.1) is 19.0 Å². The van der Waals surface area contributed by atoms with Crippen LogP contribution in [0.25, 0.3) is 0 Å². The molecule has 2 amide bonds. The van der Waals surface area contributed by atoms with Gasteiger partial charge in [0.2, 0.25) is 11.8 Å². The van der Waals surface area contributed by atoms with E-state index in [4.69, 9.17) is 23.2 Å². The number of hydrogen-bond donors (Lipinski definition) is 1. The highest BCUT2D eigenvalue weighted by Gasteiger charge is 2.58. The van der Waals surface area contributed by atoms with Crippen molar-refractivity contribution in [2.45, 2.75) is 31.3 Å². The second kappa shape index (κ2) is 8.43. The second-order valence-electron chi connectivity index (χ2n) is 9.00. The van der Waals surface area contributed by atoms with Crippen molar-refractivity contribution in [2.24, 2.45) is 0 Å². The van der Waals surface area contributed by atoms with Crippen molar-refractivity contribution < 1.29 is 9.59 Å². The lowest BCUT2D eigenvalue weighted by atomic mass is 9.73. The monoisotopic (exact) mass is 518 g/mol. The molecule has 0 saturated heterocycles. The van der Waals surface area contributed by atoms with E-state index in [1.807, 2.05) is 37.3 Å². The third kappa shape index (κ3) is 3.40. The van der Waals surface area contributed by atoms with Crippen molar-refractivity contribution in [2.75, 3.05) is 10.2 Å². The van der Waals surface area contributed by atoms with Crippen LogP contribution < -0.4 is 10.2 Å². The number of anilines is 2. The molecular weight excluding hydrogens is 499 g/mol. The van der Waals surface area contributed by atoms with Gasteiger partial charge in [-0.3, -0.25) is 14.6 Å². The summed E-state index contributed by atoms with van der Waals surface area (Å²) < 4.78 is 1.64. The van der Waals surface area contributed by atoms with E-state index in [1.165, 1.54) is 0 Å². The SMILES string of the molecule is CC(c1ccc(Cl)cc1)n1nnc2c1NC(=O)C[C@]21C(=O)N(Cc2cccnc2)c2ccc(Cl)cc21. The summed E-state index contributed by atoms with van der Waals surface area (Å²) in [5.41, 5.74) is 2.20. The lowest BCUT2D eigenvalue weighted by molar-refractivity contribution is -0.126. The molecule has 2 aliphatic heterocycles. The Labute approximate surface area is 216 Å². The fourth-order valence-electron chi connectivity index (χ4n) is 5.12. The van der Waals surface area contributed by atoms with Crippen LogP contribution in [-0.2, 0) is 21.5 Å².